The predicted octanol–water partition coefficient (Wildman–Crippen LogP) is 1.87. The van der Waals surface area contributed by atoms with Crippen LogP contribution in [-0.2, 0) is 9.53 Å². The van der Waals surface area contributed by atoms with Crippen LogP contribution in [0.25, 0.3) is 0 Å². The Morgan fingerprint density at radius 2 is 2.25 bits per heavy atom. The van der Waals surface area contributed by atoms with Crippen LogP contribution in [0.4, 0.5) is 0 Å². The van der Waals surface area contributed by atoms with Crippen LogP contribution in [0, 0.1) is 0 Å². The molecule has 0 aromatic heterocycles. The summed E-state index contributed by atoms with van der Waals surface area (Å²) in [5.41, 5.74) is 0.376. The summed E-state index contributed by atoms with van der Waals surface area (Å²) in [6.45, 7) is 6.35. The fraction of sp³-hybridized carbons (Fsp3) is 0.500. The summed E-state index contributed by atoms with van der Waals surface area (Å²) < 4.78 is 5.47. The molecule has 0 radical (unpaired) electrons. The molecule has 1 rings (SSSR count). The van der Waals surface area contributed by atoms with Crippen LogP contribution in [0.5, 0.6) is 0 Å². The topological polar surface area (TPSA) is 26.3 Å². The molecule has 66 valence electrons. The maximum absolute atomic E-state index is 11.1. The molecule has 2 heteroatoms. The smallest absolute Gasteiger partial charge is 0.181 e. The molecule has 0 aromatic rings. The van der Waals surface area contributed by atoms with Gasteiger partial charge in [-0.05, 0) is 44.6 Å². The summed E-state index contributed by atoms with van der Waals surface area (Å²) in [6.07, 6.45) is 5.23. The van der Waals surface area contributed by atoms with Crippen LogP contribution in [0.15, 0.2) is 23.8 Å². The van der Waals surface area contributed by atoms with Crippen molar-refractivity contribution in [1.82, 2.24) is 0 Å². The molecule has 1 unspecified atom stereocenters. The lowest BCUT2D eigenvalue weighted by Crippen LogP contribution is -2.27. The van der Waals surface area contributed by atoms with Crippen LogP contribution < -0.4 is 0 Å². The van der Waals surface area contributed by atoms with Gasteiger partial charge in [0.2, 0.25) is 0 Å². The average Bonchev–Trinajstić information content (AvgIpc) is 1.98. The first-order chi connectivity index (χ1) is 5.57. The predicted molar refractivity (Wildman–Crippen MR) is 47.9 cm³/mol. The molecule has 1 aliphatic carbocycles. The quantitative estimate of drug-likeness (QED) is 0.626. The molecular weight excluding hydrogens is 152 g/mol. The van der Waals surface area contributed by atoms with Crippen molar-refractivity contribution in [3.8, 4) is 0 Å². The Kier molecular flexibility index (Phi) is 2.48. The highest BCUT2D eigenvalue weighted by Crippen LogP contribution is 2.21. The molecule has 0 fully saturated rings. The molecule has 0 N–H and O–H groups in total. The highest BCUT2D eigenvalue weighted by Gasteiger charge is 2.23. The summed E-state index contributed by atoms with van der Waals surface area (Å²) >= 11 is 0. The first-order valence-electron chi connectivity index (χ1n) is 4.14. The van der Waals surface area contributed by atoms with Crippen LogP contribution in [0.1, 0.15) is 20.8 Å². The van der Waals surface area contributed by atoms with Gasteiger partial charge in [0.25, 0.3) is 0 Å². The summed E-state index contributed by atoms with van der Waals surface area (Å²) in [5, 5.41) is 0. The second-order valence-electron chi connectivity index (χ2n) is 3.14. The van der Waals surface area contributed by atoms with Crippen molar-refractivity contribution in [1.29, 1.82) is 0 Å². The SMILES string of the molecule is CCOC1(C)C=CC(=O)C(C)=C1. The summed E-state index contributed by atoms with van der Waals surface area (Å²) in [6, 6.07) is 0. The van der Waals surface area contributed by atoms with Crippen molar-refractivity contribution in [2.45, 2.75) is 26.4 Å². The minimum absolute atomic E-state index is 0.0761. The Balaban J connectivity index is 2.83. The monoisotopic (exact) mass is 166 g/mol. The largest absolute Gasteiger partial charge is 0.367 e. The highest BCUT2D eigenvalue weighted by atomic mass is 16.5. The van der Waals surface area contributed by atoms with Gasteiger partial charge >= 0.3 is 0 Å². The van der Waals surface area contributed by atoms with E-state index in [9.17, 15) is 4.79 Å². The zero-order chi connectivity index (χ0) is 9.19. The first kappa shape index (κ1) is 9.20. The van der Waals surface area contributed by atoms with E-state index in [1.165, 1.54) is 0 Å². The molecule has 0 aromatic carbocycles. The molecule has 0 amide bonds. The number of ether oxygens (including phenoxy) is 1. The zero-order valence-electron chi connectivity index (χ0n) is 7.76. The van der Waals surface area contributed by atoms with Crippen molar-refractivity contribution in [3.63, 3.8) is 0 Å². The molecule has 0 heterocycles. The highest BCUT2D eigenvalue weighted by molar-refractivity contribution is 6.04. The number of hydrogen-bond donors (Lipinski definition) is 0. The van der Waals surface area contributed by atoms with Crippen molar-refractivity contribution in [2.75, 3.05) is 6.61 Å². The van der Waals surface area contributed by atoms with Gasteiger partial charge in [0, 0.05) is 6.61 Å². The number of ketones is 1. The van der Waals surface area contributed by atoms with Gasteiger partial charge < -0.3 is 4.74 Å². The van der Waals surface area contributed by atoms with E-state index in [4.69, 9.17) is 4.74 Å². The first-order valence-corrected chi connectivity index (χ1v) is 4.14. The van der Waals surface area contributed by atoms with Crippen molar-refractivity contribution < 1.29 is 9.53 Å². The Labute approximate surface area is 72.9 Å². The molecular formula is C10H14O2. The number of rotatable bonds is 2. The molecule has 2 nitrogen and oxygen atoms in total. The Morgan fingerprint density at radius 3 is 2.75 bits per heavy atom. The maximum atomic E-state index is 11.1. The van der Waals surface area contributed by atoms with Gasteiger partial charge in [0.1, 0.15) is 5.60 Å². The van der Waals surface area contributed by atoms with E-state index >= 15 is 0 Å². The van der Waals surface area contributed by atoms with E-state index in [0.29, 0.717) is 6.61 Å². The van der Waals surface area contributed by atoms with Crippen LogP contribution >= 0.6 is 0 Å². The molecule has 0 saturated heterocycles. The molecule has 0 spiro atoms. The average molecular weight is 166 g/mol. The van der Waals surface area contributed by atoms with E-state index in [2.05, 4.69) is 0 Å². The number of carbonyl (C=O) groups is 1. The van der Waals surface area contributed by atoms with E-state index in [1.54, 1.807) is 12.2 Å². The minimum Gasteiger partial charge on any atom is -0.367 e. The third-order valence-electron chi connectivity index (χ3n) is 1.91. The Bertz CT molecular complexity index is 251. The molecule has 1 atom stereocenters. The van der Waals surface area contributed by atoms with Crippen LogP contribution in [0.2, 0.25) is 0 Å². The fourth-order valence-electron chi connectivity index (χ4n) is 1.32. The lowest BCUT2D eigenvalue weighted by Gasteiger charge is -2.25. The van der Waals surface area contributed by atoms with E-state index in [-0.39, 0.29) is 11.4 Å². The maximum Gasteiger partial charge on any atom is 0.181 e. The van der Waals surface area contributed by atoms with E-state index in [0.717, 1.165) is 5.57 Å². The second kappa shape index (κ2) is 3.23. The van der Waals surface area contributed by atoms with Gasteiger partial charge in [-0.2, -0.15) is 0 Å². The van der Waals surface area contributed by atoms with Gasteiger partial charge in [0.05, 0.1) is 0 Å². The lowest BCUT2D eigenvalue weighted by molar-refractivity contribution is -0.111. The molecule has 12 heavy (non-hydrogen) atoms. The third kappa shape index (κ3) is 1.83. The van der Waals surface area contributed by atoms with Gasteiger partial charge in [-0.15, -0.1) is 0 Å². The van der Waals surface area contributed by atoms with Crippen molar-refractivity contribution in [3.05, 3.63) is 23.8 Å². The van der Waals surface area contributed by atoms with Crippen LogP contribution in [0.3, 0.4) is 0 Å². The lowest BCUT2D eigenvalue weighted by atomic mass is 9.94. The normalized spacial score (nSPS) is 28.9. The van der Waals surface area contributed by atoms with E-state index in [1.807, 2.05) is 26.8 Å². The van der Waals surface area contributed by atoms with Gasteiger partial charge in [-0.25, -0.2) is 0 Å². The van der Waals surface area contributed by atoms with Crippen molar-refractivity contribution >= 4 is 5.78 Å². The number of hydrogen-bond acceptors (Lipinski definition) is 2. The second-order valence-corrected chi connectivity index (χ2v) is 3.14. The Hall–Kier alpha value is -0.890. The zero-order valence-corrected chi connectivity index (χ0v) is 7.76. The number of carbonyl (C=O) groups excluding carboxylic acids is 1. The van der Waals surface area contributed by atoms with E-state index < -0.39 is 0 Å². The summed E-state index contributed by atoms with van der Waals surface area (Å²) in [4.78, 5) is 11.1. The molecule has 1 aliphatic rings. The minimum atomic E-state index is -0.382. The third-order valence-corrected chi connectivity index (χ3v) is 1.91. The summed E-state index contributed by atoms with van der Waals surface area (Å²) in [7, 11) is 0. The standard InChI is InChI=1S/C10H14O2/c1-4-12-10(3)6-5-9(11)8(2)7-10/h5-7H,4H2,1-3H3. The number of allylic oxidation sites excluding steroid dienone is 2. The van der Waals surface area contributed by atoms with Gasteiger partial charge in [-0.1, -0.05) is 0 Å². The molecule has 0 saturated carbocycles. The fourth-order valence-corrected chi connectivity index (χ4v) is 1.32. The molecule has 0 aliphatic heterocycles. The molecule has 0 bridgehead atoms. The summed E-state index contributed by atoms with van der Waals surface area (Å²) in [5.74, 6) is 0.0761. The Morgan fingerprint density at radius 1 is 1.58 bits per heavy atom. The van der Waals surface area contributed by atoms with Crippen molar-refractivity contribution in [2.24, 2.45) is 0 Å². The van der Waals surface area contributed by atoms with Crippen LogP contribution in [-0.4, -0.2) is 18.0 Å². The van der Waals surface area contributed by atoms with Gasteiger partial charge in [-0.3, -0.25) is 4.79 Å². The van der Waals surface area contributed by atoms with Gasteiger partial charge in [0.15, 0.2) is 5.78 Å².